The summed E-state index contributed by atoms with van der Waals surface area (Å²) in [5, 5.41) is 9.10. The number of nitrogens with zero attached hydrogens (tertiary/aromatic N) is 1. The van der Waals surface area contributed by atoms with E-state index in [-0.39, 0.29) is 5.91 Å². The summed E-state index contributed by atoms with van der Waals surface area (Å²) in [4.78, 5) is 25.8. The van der Waals surface area contributed by atoms with Gasteiger partial charge in [-0.1, -0.05) is 17.7 Å². The lowest BCUT2D eigenvalue weighted by Gasteiger charge is -2.21. The molecular weight excluding hydrogens is 274 g/mol. The van der Waals surface area contributed by atoms with E-state index in [1.807, 2.05) is 26.0 Å². The summed E-state index contributed by atoms with van der Waals surface area (Å²) >= 11 is 1.49. The van der Waals surface area contributed by atoms with E-state index in [2.05, 4.69) is 6.07 Å². The predicted molar refractivity (Wildman–Crippen MR) is 79.0 cm³/mol. The Kier molecular flexibility index (Phi) is 4.70. The van der Waals surface area contributed by atoms with E-state index < -0.39 is 12.0 Å². The van der Waals surface area contributed by atoms with Crippen LogP contribution in [0, 0.1) is 13.8 Å². The molecule has 20 heavy (non-hydrogen) atoms. The number of amides is 1. The van der Waals surface area contributed by atoms with E-state index in [0.29, 0.717) is 18.7 Å². The maximum atomic E-state index is 12.2. The first-order chi connectivity index (χ1) is 9.49. The summed E-state index contributed by atoms with van der Waals surface area (Å²) in [6.07, 6.45) is 1.34. The molecule has 1 aromatic rings. The Hall–Kier alpha value is -1.49. The molecule has 1 saturated heterocycles. The van der Waals surface area contributed by atoms with Crippen LogP contribution in [0.3, 0.4) is 0 Å². The van der Waals surface area contributed by atoms with Crippen molar-refractivity contribution in [2.24, 2.45) is 0 Å². The fraction of sp³-hybridized carbons (Fsp3) is 0.467. The van der Waals surface area contributed by atoms with Crippen LogP contribution >= 0.6 is 11.8 Å². The number of aliphatic carboxylic acids is 1. The highest BCUT2D eigenvalue weighted by Crippen LogP contribution is 2.25. The lowest BCUT2D eigenvalue weighted by Crippen LogP contribution is -2.41. The second kappa shape index (κ2) is 6.31. The van der Waals surface area contributed by atoms with Crippen LogP contribution in [-0.4, -0.2) is 40.2 Å². The Bertz CT molecular complexity index is 530. The quantitative estimate of drug-likeness (QED) is 0.866. The molecular formula is C15H19NO3S. The highest BCUT2D eigenvalue weighted by Gasteiger charge is 2.33. The van der Waals surface area contributed by atoms with Crippen molar-refractivity contribution in [2.75, 3.05) is 12.3 Å². The Morgan fingerprint density at radius 2 is 2.15 bits per heavy atom. The molecule has 0 radical (unpaired) electrons. The summed E-state index contributed by atoms with van der Waals surface area (Å²) in [5.74, 6) is -0.679. The van der Waals surface area contributed by atoms with Crippen LogP contribution < -0.4 is 0 Å². The molecule has 1 atom stereocenters. The molecule has 1 aliphatic heterocycles. The van der Waals surface area contributed by atoms with Gasteiger partial charge in [-0.25, -0.2) is 4.79 Å². The number of likely N-dealkylation sites (tertiary alicyclic amines) is 1. The molecule has 1 amide bonds. The molecule has 1 fully saturated rings. The zero-order chi connectivity index (χ0) is 14.7. The van der Waals surface area contributed by atoms with Gasteiger partial charge in [-0.3, -0.25) is 4.79 Å². The van der Waals surface area contributed by atoms with Gasteiger partial charge in [0, 0.05) is 11.4 Å². The van der Waals surface area contributed by atoms with Crippen molar-refractivity contribution in [3.8, 4) is 0 Å². The average molecular weight is 293 g/mol. The molecule has 1 heterocycles. The van der Waals surface area contributed by atoms with Crippen molar-refractivity contribution >= 4 is 23.6 Å². The molecule has 1 N–H and O–H groups in total. The lowest BCUT2D eigenvalue weighted by molar-refractivity contribution is -0.147. The van der Waals surface area contributed by atoms with Crippen molar-refractivity contribution in [2.45, 2.75) is 37.6 Å². The summed E-state index contributed by atoms with van der Waals surface area (Å²) in [6.45, 7) is 4.59. The first-order valence-corrected chi connectivity index (χ1v) is 7.70. The van der Waals surface area contributed by atoms with Gasteiger partial charge in [-0.15, -0.1) is 11.8 Å². The largest absolute Gasteiger partial charge is 0.480 e. The number of carboxylic acid groups (broad SMARTS) is 1. The van der Waals surface area contributed by atoms with Gasteiger partial charge in [-0.05, 0) is 38.3 Å². The van der Waals surface area contributed by atoms with Gasteiger partial charge in [0.05, 0.1) is 5.75 Å². The first-order valence-electron chi connectivity index (χ1n) is 6.71. The highest BCUT2D eigenvalue weighted by molar-refractivity contribution is 8.00. The van der Waals surface area contributed by atoms with E-state index in [4.69, 9.17) is 5.11 Å². The van der Waals surface area contributed by atoms with Crippen molar-refractivity contribution in [1.29, 1.82) is 0 Å². The molecule has 1 aliphatic rings. The molecule has 0 unspecified atom stereocenters. The number of rotatable bonds is 4. The number of carbonyl (C=O) groups excluding carboxylic acids is 1. The third kappa shape index (κ3) is 3.33. The molecule has 0 spiro atoms. The topological polar surface area (TPSA) is 57.6 Å². The average Bonchev–Trinajstić information content (AvgIpc) is 2.89. The van der Waals surface area contributed by atoms with Crippen LogP contribution in [0.4, 0.5) is 0 Å². The summed E-state index contributed by atoms with van der Waals surface area (Å²) in [7, 11) is 0. The lowest BCUT2D eigenvalue weighted by atomic mass is 10.2. The zero-order valence-corrected chi connectivity index (χ0v) is 12.6. The minimum absolute atomic E-state index is 0.0826. The van der Waals surface area contributed by atoms with Gasteiger partial charge in [0.15, 0.2) is 0 Å². The summed E-state index contributed by atoms with van der Waals surface area (Å²) in [5.41, 5.74) is 2.31. The maximum Gasteiger partial charge on any atom is 0.326 e. The van der Waals surface area contributed by atoms with Gasteiger partial charge < -0.3 is 10.0 Å². The molecule has 0 aromatic heterocycles. The predicted octanol–water partition coefficient (Wildman–Crippen LogP) is 2.47. The summed E-state index contributed by atoms with van der Waals surface area (Å²) in [6, 6.07) is 5.51. The molecule has 5 heteroatoms. The molecule has 4 nitrogen and oxygen atoms in total. The maximum absolute atomic E-state index is 12.2. The summed E-state index contributed by atoms with van der Waals surface area (Å²) < 4.78 is 0. The van der Waals surface area contributed by atoms with Crippen molar-refractivity contribution in [1.82, 2.24) is 4.90 Å². The minimum atomic E-state index is -0.896. The van der Waals surface area contributed by atoms with Crippen LogP contribution in [0.25, 0.3) is 0 Å². The van der Waals surface area contributed by atoms with Crippen LogP contribution in [0.15, 0.2) is 23.1 Å². The number of hydrogen-bond donors (Lipinski definition) is 1. The SMILES string of the molecule is Cc1ccc(C)c(SCC(=O)N2CCC[C@H]2C(=O)O)c1. The number of carboxylic acids is 1. The molecule has 0 aliphatic carbocycles. The van der Waals surface area contributed by atoms with Gasteiger partial charge >= 0.3 is 5.97 Å². The van der Waals surface area contributed by atoms with E-state index in [1.54, 1.807) is 0 Å². The Labute approximate surface area is 123 Å². The Balaban J connectivity index is 1.98. The van der Waals surface area contributed by atoms with Gasteiger partial charge in [-0.2, -0.15) is 0 Å². The van der Waals surface area contributed by atoms with Crippen LogP contribution in [-0.2, 0) is 9.59 Å². The molecule has 2 rings (SSSR count). The Morgan fingerprint density at radius 3 is 2.85 bits per heavy atom. The number of carbonyl (C=O) groups is 2. The van der Waals surface area contributed by atoms with E-state index in [1.165, 1.54) is 16.7 Å². The fourth-order valence-electron chi connectivity index (χ4n) is 2.41. The molecule has 0 saturated carbocycles. The van der Waals surface area contributed by atoms with Gasteiger partial charge in [0.2, 0.25) is 5.91 Å². The molecule has 0 bridgehead atoms. The monoisotopic (exact) mass is 293 g/mol. The van der Waals surface area contributed by atoms with Gasteiger partial charge in [0.25, 0.3) is 0 Å². The number of thioether (sulfide) groups is 1. The van der Waals surface area contributed by atoms with Crippen LogP contribution in [0.5, 0.6) is 0 Å². The molecule has 1 aromatic carbocycles. The molecule has 108 valence electrons. The standard InChI is InChI=1S/C15H19NO3S/c1-10-5-6-11(2)13(8-10)20-9-14(17)16-7-3-4-12(16)15(18)19/h5-6,8,12H,3-4,7,9H2,1-2H3,(H,18,19)/t12-/m0/s1. The van der Waals surface area contributed by atoms with Crippen molar-refractivity contribution < 1.29 is 14.7 Å². The van der Waals surface area contributed by atoms with Crippen molar-refractivity contribution in [3.63, 3.8) is 0 Å². The normalized spacial score (nSPS) is 18.3. The van der Waals surface area contributed by atoms with Gasteiger partial charge in [0.1, 0.15) is 6.04 Å². The highest BCUT2D eigenvalue weighted by atomic mass is 32.2. The third-order valence-corrected chi connectivity index (χ3v) is 4.70. The van der Waals surface area contributed by atoms with Crippen LogP contribution in [0.2, 0.25) is 0 Å². The Morgan fingerprint density at radius 1 is 1.40 bits per heavy atom. The van der Waals surface area contributed by atoms with E-state index in [9.17, 15) is 9.59 Å². The number of aryl methyl sites for hydroxylation is 2. The number of benzene rings is 1. The minimum Gasteiger partial charge on any atom is -0.480 e. The van der Waals surface area contributed by atoms with E-state index in [0.717, 1.165) is 22.4 Å². The first kappa shape index (κ1) is 14.9. The zero-order valence-electron chi connectivity index (χ0n) is 11.8. The third-order valence-electron chi connectivity index (χ3n) is 3.55. The van der Waals surface area contributed by atoms with Crippen LogP contribution in [0.1, 0.15) is 24.0 Å². The second-order valence-electron chi connectivity index (χ2n) is 5.14. The van der Waals surface area contributed by atoms with Crippen molar-refractivity contribution in [3.05, 3.63) is 29.3 Å². The number of hydrogen-bond acceptors (Lipinski definition) is 3. The second-order valence-corrected chi connectivity index (χ2v) is 6.16. The fourth-order valence-corrected chi connectivity index (χ4v) is 3.42. The smallest absolute Gasteiger partial charge is 0.326 e. The van der Waals surface area contributed by atoms with E-state index >= 15 is 0 Å².